The molecule has 0 aromatic carbocycles. The summed E-state index contributed by atoms with van der Waals surface area (Å²) in [4.78, 5) is 3.99. The molecule has 1 aliphatic rings. The first-order valence-electron chi connectivity index (χ1n) is 6.00. The number of nitrogens with zero attached hydrogens (tertiary/aromatic N) is 4. The smallest absolute Gasteiger partial charge is 0.0906 e. The van der Waals surface area contributed by atoms with Gasteiger partial charge >= 0.3 is 0 Å². The van der Waals surface area contributed by atoms with Crippen molar-refractivity contribution < 1.29 is 4.74 Å². The van der Waals surface area contributed by atoms with Gasteiger partial charge in [0.1, 0.15) is 0 Å². The molecule has 3 rings (SSSR count). The second kappa shape index (κ2) is 5.24. The fourth-order valence-corrected chi connectivity index (χ4v) is 1.99. The third-order valence-electron chi connectivity index (χ3n) is 2.99. The summed E-state index contributed by atoms with van der Waals surface area (Å²) in [6.07, 6.45) is 5.51. The van der Waals surface area contributed by atoms with Gasteiger partial charge in [0.05, 0.1) is 31.1 Å². The number of hydrogen-bond donors (Lipinski definition) is 1. The topological polar surface area (TPSA) is 64.9 Å². The van der Waals surface area contributed by atoms with Crippen LogP contribution in [0.25, 0.3) is 0 Å². The Bertz CT molecular complexity index is 498. The SMILES string of the molecule is c1cc(CNC[C@H]2Cn3nncc3CO2)ccn1. The van der Waals surface area contributed by atoms with Gasteiger partial charge in [-0.2, -0.15) is 0 Å². The summed E-state index contributed by atoms with van der Waals surface area (Å²) in [5.74, 6) is 0. The lowest BCUT2D eigenvalue weighted by molar-refractivity contribution is 0.000980. The Labute approximate surface area is 105 Å². The molecule has 0 saturated carbocycles. The van der Waals surface area contributed by atoms with Gasteiger partial charge in [0, 0.05) is 25.5 Å². The molecule has 0 aliphatic carbocycles. The summed E-state index contributed by atoms with van der Waals surface area (Å²) in [5, 5.41) is 11.3. The summed E-state index contributed by atoms with van der Waals surface area (Å²) in [6.45, 7) is 2.99. The van der Waals surface area contributed by atoms with Crippen LogP contribution in [0.3, 0.4) is 0 Å². The number of fused-ring (bicyclic) bond motifs is 1. The monoisotopic (exact) mass is 245 g/mol. The van der Waals surface area contributed by atoms with Crippen LogP contribution in [0.2, 0.25) is 0 Å². The van der Waals surface area contributed by atoms with Crippen molar-refractivity contribution in [3.63, 3.8) is 0 Å². The maximum atomic E-state index is 5.73. The molecule has 6 heteroatoms. The highest BCUT2D eigenvalue weighted by Gasteiger charge is 2.19. The van der Waals surface area contributed by atoms with Gasteiger partial charge in [-0.05, 0) is 17.7 Å². The van der Waals surface area contributed by atoms with E-state index in [4.69, 9.17) is 4.74 Å². The summed E-state index contributed by atoms with van der Waals surface area (Å²) < 4.78 is 7.63. The lowest BCUT2D eigenvalue weighted by Crippen LogP contribution is -2.36. The van der Waals surface area contributed by atoms with E-state index >= 15 is 0 Å². The number of hydrogen-bond acceptors (Lipinski definition) is 5. The lowest BCUT2D eigenvalue weighted by atomic mass is 10.2. The standard InChI is InChI=1S/C12H15N5O/c1-3-13-4-2-10(1)5-14-7-12-8-17-11(9-18-12)6-15-16-17/h1-4,6,12,14H,5,7-9H2/t12-/m0/s1. The van der Waals surface area contributed by atoms with Crippen molar-refractivity contribution in [3.05, 3.63) is 42.0 Å². The Morgan fingerprint density at radius 1 is 1.39 bits per heavy atom. The summed E-state index contributed by atoms with van der Waals surface area (Å²) in [5.41, 5.74) is 2.27. The molecule has 0 spiro atoms. The molecule has 1 aliphatic heterocycles. The van der Waals surface area contributed by atoms with Gasteiger partial charge in [0.2, 0.25) is 0 Å². The average molecular weight is 245 g/mol. The van der Waals surface area contributed by atoms with Gasteiger partial charge in [-0.3, -0.25) is 4.98 Å². The largest absolute Gasteiger partial charge is 0.369 e. The predicted octanol–water partition coefficient (Wildman–Crippen LogP) is 0.362. The summed E-state index contributed by atoms with van der Waals surface area (Å²) in [6, 6.07) is 4.01. The molecule has 0 unspecified atom stereocenters. The number of nitrogens with one attached hydrogen (secondary N) is 1. The van der Waals surface area contributed by atoms with E-state index in [0.717, 1.165) is 25.3 Å². The molecule has 94 valence electrons. The average Bonchev–Trinajstić information content (AvgIpc) is 2.87. The molecule has 0 fully saturated rings. The zero-order valence-corrected chi connectivity index (χ0v) is 9.99. The van der Waals surface area contributed by atoms with Crippen LogP contribution in [0.15, 0.2) is 30.7 Å². The first-order chi connectivity index (χ1) is 8.92. The van der Waals surface area contributed by atoms with Crippen LogP contribution < -0.4 is 5.32 Å². The van der Waals surface area contributed by atoms with E-state index in [9.17, 15) is 0 Å². The van der Waals surface area contributed by atoms with E-state index in [2.05, 4.69) is 20.6 Å². The zero-order chi connectivity index (χ0) is 12.2. The minimum absolute atomic E-state index is 0.154. The van der Waals surface area contributed by atoms with Crippen LogP contribution in [0.1, 0.15) is 11.3 Å². The molecule has 0 amide bonds. The maximum Gasteiger partial charge on any atom is 0.0906 e. The second-order valence-electron chi connectivity index (χ2n) is 4.33. The van der Waals surface area contributed by atoms with E-state index in [1.54, 1.807) is 18.6 Å². The van der Waals surface area contributed by atoms with Crippen LogP contribution in [-0.4, -0.2) is 32.6 Å². The first kappa shape index (κ1) is 11.3. The van der Waals surface area contributed by atoms with E-state index in [0.29, 0.717) is 6.61 Å². The van der Waals surface area contributed by atoms with E-state index in [-0.39, 0.29) is 6.10 Å². The van der Waals surface area contributed by atoms with Crippen LogP contribution in [0.4, 0.5) is 0 Å². The van der Waals surface area contributed by atoms with E-state index < -0.39 is 0 Å². The number of aromatic nitrogens is 4. The molecule has 1 N–H and O–H groups in total. The van der Waals surface area contributed by atoms with Crippen molar-refractivity contribution >= 4 is 0 Å². The third-order valence-corrected chi connectivity index (χ3v) is 2.99. The van der Waals surface area contributed by atoms with Gasteiger partial charge < -0.3 is 10.1 Å². The first-order valence-corrected chi connectivity index (χ1v) is 6.00. The van der Waals surface area contributed by atoms with Crippen molar-refractivity contribution in [2.24, 2.45) is 0 Å². The molecule has 0 radical (unpaired) electrons. The van der Waals surface area contributed by atoms with Crippen LogP contribution in [-0.2, 0) is 24.4 Å². The quantitative estimate of drug-likeness (QED) is 0.842. The number of rotatable bonds is 4. The van der Waals surface area contributed by atoms with Gasteiger partial charge in [-0.25, -0.2) is 4.68 Å². The molecule has 18 heavy (non-hydrogen) atoms. The normalized spacial score (nSPS) is 18.6. The van der Waals surface area contributed by atoms with Crippen molar-refractivity contribution in [2.45, 2.75) is 25.8 Å². The highest BCUT2D eigenvalue weighted by atomic mass is 16.5. The van der Waals surface area contributed by atoms with Crippen LogP contribution >= 0.6 is 0 Å². The van der Waals surface area contributed by atoms with Crippen molar-refractivity contribution in [3.8, 4) is 0 Å². The molecule has 2 aromatic heterocycles. The maximum absolute atomic E-state index is 5.73. The van der Waals surface area contributed by atoms with Gasteiger partial charge in [0.15, 0.2) is 0 Å². The Balaban J connectivity index is 1.48. The Morgan fingerprint density at radius 3 is 3.17 bits per heavy atom. The fraction of sp³-hybridized carbons (Fsp3) is 0.417. The number of ether oxygens (including phenoxy) is 1. The predicted molar refractivity (Wildman–Crippen MR) is 64.5 cm³/mol. The molecule has 6 nitrogen and oxygen atoms in total. The molecule has 2 aromatic rings. The van der Waals surface area contributed by atoms with Crippen LogP contribution in [0, 0.1) is 0 Å². The number of pyridine rings is 1. The Morgan fingerprint density at radius 2 is 2.28 bits per heavy atom. The highest BCUT2D eigenvalue weighted by molar-refractivity contribution is 5.09. The molecular weight excluding hydrogens is 230 g/mol. The van der Waals surface area contributed by atoms with E-state index in [1.165, 1.54) is 5.56 Å². The zero-order valence-electron chi connectivity index (χ0n) is 9.99. The molecule has 0 saturated heterocycles. The van der Waals surface area contributed by atoms with Gasteiger partial charge in [-0.1, -0.05) is 5.21 Å². The minimum atomic E-state index is 0.154. The lowest BCUT2D eigenvalue weighted by Gasteiger charge is -2.23. The molecule has 0 bridgehead atoms. The minimum Gasteiger partial charge on any atom is -0.369 e. The fourth-order valence-electron chi connectivity index (χ4n) is 1.99. The molecular formula is C12H15N5O. The van der Waals surface area contributed by atoms with Crippen molar-refractivity contribution in [1.29, 1.82) is 0 Å². The van der Waals surface area contributed by atoms with E-state index in [1.807, 2.05) is 16.8 Å². The van der Waals surface area contributed by atoms with Crippen molar-refractivity contribution in [2.75, 3.05) is 6.54 Å². The Hall–Kier alpha value is -1.79. The Kier molecular flexibility index (Phi) is 3.29. The molecule has 1 atom stereocenters. The highest BCUT2D eigenvalue weighted by Crippen LogP contribution is 2.10. The second-order valence-corrected chi connectivity index (χ2v) is 4.33. The summed E-state index contributed by atoms with van der Waals surface area (Å²) >= 11 is 0. The van der Waals surface area contributed by atoms with Crippen molar-refractivity contribution in [1.82, 2.24) is 25.3 Å². The van der Waals surface area contributed by atoms with Gasteiger partial charge in [-0.15, -0.1) is 5.10 Å². The molecule has 3 heterocycles. The van der Waals surface area contributed by atoms with Gasteiger partial charge in [0.25, 0.3) is 0 Å². The van der Waals surface area contributed by atoms with Crippen LogP contribution in [0.5, 0.6) is 0 Å². The third kappa shape index (κ3) is 2.55. The summed E-state index contributed by atoms with van der Waals surface area (Å²) in [7, 11) is 0.